The number of benzene rings is 2. The molecule has 8 heteroatoms. The number of para-hydroxylation sites is 1. The van der Waals surface area contributed by atoms with Crippen molar-refractivity contribution in [2.75, 3.05) is 26.6 Å². The number of hydrogen-bond acceptors (Lipinski definition) is 6. The lowest BCUT2D eigenvalue weighted by atomic mass is 10.1. The maximum Gasteiger partial charge on any atom is 0.329 e. The Morgan fingerprint density at radius 2 is 1.50 bits per heavy atom. The largest absolute Gasteiger partial charge is 0.493 e. The molecule has 2 aromatic carbocycles. The van der Waals surface area contributed by atoms with E-state index in [0.717, 1.165) is 11.1 Å². The van der Waals surface area contributed by atoms with Crippen LogP contribution in [0.5, 0.6) is 17.2 Å². The average molecular weight is 385 g/mol. The van der Waals surface area contributed by atoms with Crippen molar-refractivity contribution >= 4 is 23.7 Å². The van der Waals surface area contributed by atoms with Gasteiger partial charge in [0.05, 0.1) is 27.5 Å². The summed E-state index contributed by atoms with van der Waals surface area (Å²) in [6.45, 7) is 3.70. The molecular weight excluding hydrogens is 362 g/mol. The molecule has 0 saturated carbocycles. The van der Waals surface area contributed by atoms with Crippen LogP contribution in [0.25, 0.3) is 0 Å². The Morgan fingerprint density at radius 3 is 2.00 bits per heavy atom. The van der Waals surface area contributed by atoms with Gasteiger partial charge < -0.3 is 19.5 Å². The molecule has 0 aromatic heterocycles. The zero-order valence-corrected chi connectivity index (χ0v) is 16.5. The first kappa shape index (κ1) is 20.8. The minimum atomic E-state index is -0.883. The molecule has 0 aliphatic heterocycles. The van der Waals surface area contributed by atoms with Crippen LogP contribution in [0.15, 0.2) is 35.4 Å². The predicted octanol–water partition coefficient (Wildman–Crippen LogP) is 2.42. The van der Waals surface area contributed by atoms with Gasteiger partial charge in [0.2, 0.25) is 5.75 Å². The normalized spacial score (nSPS) is 10.5. The Balaban J connectivity index is 2.08. The lowest BCUT2D eigenvalue weighted by molar-refractivity contribution is -0.136. The molecule has 0 unspecified atom stereocenters. The molecule has 0 atom stereocenters. The first-order chi connectivity index (χ1) is 13.4. The van der Waals surface area contributed by atoms with Crippen molar-refractivity contribution in [3.8, 4) is 17.2 Å². The van der Waals surface area contributed by atoms with Gasteiger partial charge in [0.25, 0.3) is 0 Å². The number of rotatable bonds is 6. The monoisotopic (exact) mass is 385 g/mol. The van der Waals surface area contributed by atoms with Crippen LogP contribution in [0.3, 0.4) is 0 Å². The molecule has 0 fully saturated rings. The molecule has 0 heterocycles. The summed E-state index contributed by atoms with van der Waals surface area (Å²) in [5.74, 6) is -0.352. The number of carbonyl (C=O) groups is 2. The zero-order valence-electron chi connectivity index (χ0n) is 16.5. The van der Waals surface area contributed by atoms with Crippen molar-refractivity contribution in [1.29, 1.82) is 0 Å². The van der Waals surface area contributed by atoms with Crippen LogP contribution in [-0.4, -0.2) is 39.4 Å². The summed E-state index contributed by atoms with van der Waals surface area (Å²) < 4.78 is 15.8. The molecule has 0 aliphatic carbocycles. The molecule has 2 amide bonds. The summed E-state index contributed by atoms with van der Waals surface area (Å²) >= 11 is 0. The number of anilines is 1. The van der Waals surface area contributed by atoms with Crippen molar-refractivity contribution in [1.82, 2.24) is 5.43 Å². The highest BCUT2D eigenvalue weighted by molar-refractivity contribution is 6.39. The molecule has 0 aliphatic rings. The van der Waals surface area contributed by atoms with Crippen molar-refractivity contribution in [2.24, 2.45) is 5.10 Å². The van der Waals surface area contributed by atoms with Gasteiger partial charge in [0, 0.05) is 11.3 Å². The number of nitrogens with zero attached hydrogens (tertiary/aromatic N) is 1. The van der Waals surface area contributed by atoms with E-state index in [2.05, 4.69) is 15.8 Å². The second-order valence-corrected chi connectivity index (χ2v) is 5.88. The summed E-state index contributed by atoms with van der Waals surface area (Å²) in [5, 5.41) is 6.42. The van der Waals surface area contributed by atoms with E-state index in [1.165, 1.54) is 27.5 Å². The summed E-state index contributed by atoms with van der Waals surface area (Å²) in [6.07, 6.45) is 1.37. The quantitative estimate of drug-likeness (QED) is 0.452. The van der Waals surface area contributed by atoms with Crippen LogP contribution < -0.4 is 25.0 Å². The van der Waals surface area contributed by atoms with Gasteiger partial charge in [0.1, 0.15) is 0 Å². The first-order valence-corrected chi connectivity index (χ1v) is 8.41. The molecule has 28 heavy (non-hydrogen) atoms. The van der Waals surface area contributed by atoms with Gasteiger partial charge in [-0.15, -0.1) is 0 Å². The molecule has 2 rings (SSSR count). The summed E-state index contributed by atoms with van der Waals surface area (Å²) in [7, 11) is 4.50. The number of methoxy groups -OCH3 is 3. The lowest BCUT2D eigenvalue weighted by Gasteiger charge is -2.12. The number of carbonyl (C=O) groups excluding carboxylic acids is 2. The van der Waals surface area contributed by atoms with Gasteiger partial charge in [-0.2, -0.15) is 5.10 Å². The maximum absolute atomic E-state index is 12.1. The summed E-state index contributed by atoms with van der Waals surface area (Å²) in [6, 6.07) is 8.90. The smallest absolute Gasteiger partial charge is 0.329 e. The number of aryl methyl sites for hydroxylation is 2. The van der Waals surface area contributed by atoms with E-state index < -0.39 is 11.8 Å². The van der Waals surface area contributed by atoms with E-state index in [1.807, 2.05) is 32.0 Å². The fraction of sp³-hybridized carbons (Fsp3) is 0.250. The summed E-state index contributed by atoms with van der Waals surface area (Å²) in [5.41, 5.74) is 5.12. The number of ether oxygens (including phenoxy) is 3. The van der Waals surface area contributed by atoms with Gasteiger partial charge >= 0.3 is 11.8 Å². The van der Waals surface area contributed by atoms with Crippen LogP contribution in [0, 0.1) is 13.8 Å². The first-order valence-electron chi connectivity index (χ1n) is 8.41. The Morgan fingerprint density at radius 1 is 0.929 bits per heavy atom. The molecule has 0 saturated heterocycles. The SMILES string of the molecule is COc1cc(/C=N/NC(=O)C(=O)Nc2c(C)cccc2C)cc(OC)c1OC. The predicted molar refractivity (Wildman–Crippen MR) is 106 cm³/mol. The Labute approximate surface area is 163 Å². The molecule has 2 N–H and O–H groups in total. The molecule has 8 nitrogen and oxygen atoms in total. The second kappa shape index (κ2) is 9.40. The number of hydrazone groups is 1. The lowest BCUT2D eigenvalue weighted by Crippen LogP contribution is -2.32. The van der Waals surface area contributed by atoms with Gasteiger partial charge in [-0.1, -0.05) is 18.2 Å². The topological polar surface area (TPSA) is 98.2 Å². The van der Waals surface area contributed by atoms with Crippen LogP contribution in [-0.2, 0) is 9.59 Å². The van der Waals surface area contributed by atoms with E-state index in [9.17, 15) is 9.59 Å². The highest BCUT2D eigenvalue weighted by Crippen LogP contribution is 2.37. The molecule has 2 aromatic rings. The Bertz CT molecular complexity index is 863. The minimum Gasteiger partial charge on any atom is -0.493 e. The molecular formula is C20H23N3O5. The third-order valence-corrected chi connectivity index (χ3v) is 3.99. The van der Waals surface area contributed by atoms with Gasteiger partial charge in [-0.05, 0) is 37.1 Å². The molecule has 0 bridgehead atoms. The minimum absolute atomic E-state index is 0.444. The number of amides is 2. The van der Waals surface area contributed by atoms with Crippen molar-refractivity contribution in [3.63, 3.8) is 0 Å². The van der Waals surface area contributed by atoms with Gasteiger partial charge in [-0.3, -0.25) is 9.59 Å². The number of nitrogens with one attached hydrogen (secondary N) is 2. The van der Waals surface area contributed by atoms with E-state index in [1.54, 1.807) is 12.1 Å². The highest BCUT2D eigenvalue weighted by atomic mass is 16.5. The zero-order chi connectivity index (χ0) is 20.7. The van der Waals surface area contributed by atoms with Crippen molar-refractivity contribution in [3.05, 3.63) is 47.0 Å². The Hall–Kier alpha value is -3.55. The standard InChI is InChI=1S/C20H23N3O5/c1-12-7-6-8-13(2)17(12)22-19(24)20(25)23-21-11-14-9-15(26-3)18(28-5)16(10-14)27-4/h6-11H,1-5H3,(H,22,24)(H,23,25)/b21-11+. The Kier molecular flexibility index (Phi) is 6.97. The molecule has 0 radical (unpaired) electrons. The number of hydrogen-bond donors (Lipinski definition) is 2. The van der Waals surface area contributed by atoms with Crippen LogP contribution in [0.1, 0.15) is 16.7 Å². The van der Waals surface area contributed by atoms with E-state index in [4.69, 9.17) is 14.2 Å². The maximum atomic E-state index is 12.1. The third-order valence-electron chi connectivity index (χ3n) is 3.99. The van der Waals surface area contributed by atoms with Crippen molar-refractivity contribution in [2.45, 2.75) is 13.8 Å². The van der Waals surface area contributed by atoms with E-state index in [-0.39, 0.29) is 0 Å². The van der Waals surface area contributed by atoms with Gasteiger partial charge in [0.15, 0.2) is 11.5 Å². The van der Waals surface area contributed by atoms with Crippen LogP contribution in [0.2, 0.25) is 0 Å². The fourth-order valence-corrected chi connectivity index (χ4v) is 2.57. The van der Waals surface area contributed by atoms with Crippen molar-refractivity contribution < 1.29 is 23.8 Å². The van der Waals surface area contributed by atoms with Crippen LogP contribution >= 0.6 is 0 Å². The highest BCUT2D eigenvalue weighted by Gasteiger charge is 2.15. The van der Waals surface area contributed by atoms with Crippen LogP contribution in [0.4, 0.5) is 5.69 Å². The van der Waals surface area contributed by atoms with Gasteiger partial charge in [-0.25, -0.2) is 5.43 Å². The van der Waals surface area contributed by atoms with E-state index in [0.29, 0.717) is 28.5 Å². The summed E-state index contributed by atoms with van der Waals surface area (Å²) in [4.78, 5) is 24.1. The average Bonchev–Trinajstić information content (AvgIpc) is 2.69. The second-order valence-electron chi connectivity index (χ2n) is 5.88. The fourth-order valence-electron chi connectivity index (χ4n) is 2.57. The molecule has 0 spiro atoms. The van der Waals surface area contributed by atoms with E-state index >= 15 is 0 Å². The third kappa shape index (κ3) is 4.79. The molecule has 148 valence electrons.